The summed E-state index contributed by atoms with van der Waals surface area (Å²) in [5, 5.41) is 7.19. The molecule has 2 aliphatic rings. The lowest BCUT2D eigenvalue weighted by Gasteiger charge is -2.40. The van der Waals surface area contributed by atoms with Crippen LogP contribution in [0.3, 0.4) is 0 Å². The van der Waals surface area contributed by atoms with Gasteiger partial charge in [-0.25, -0.2) is 4.79 Å². The third-order valence-corrected chi connectivity index (χ3v) is 5.30. The molecule has 0 heterocycles. The van der Waals surface area contributed by atoms with E-state index < -0.39 is 6.09 Å². The largest absolute Gasteiger partial charge is 0.465 e. The summed E-state index contributed by atoms with van der Waals surface area (Å²) in [6, 6.07) is 0. The monoisotopic (exact) mass is 283 g/mol. The molecule has 2 fully saturated rings. The van der Waals surface area contributed by atoms with Crippen molar-refractivity contribution in [2.24, 2.45) is 29.4 Å². The van der Waals surface area contributed by atoms with E-state index in [0.29, 0.717) is 0 Å². The molecule has 0 saturated heterocycles. The first-order chi connectivity index (χ1) is 9.54. The summed E-state index contributed by atoms with van der Waals surface area (Å²) >= 11 is 0. The molecule has 0 aromatic heterocycles. The van der Waals surface area contributed by atoms with E-state index >= 15 is 0 Å². The van der Waals surface area contributed by atoms with Crippen LogP contribution in [0.15, 0.2) is 0 Å². The minimum Gasteiger partial charge on any atom is -0.465 e. The van der Waals surface area contributed by atoms with Gasteiger partial charge in [-0.3, -0.25) is 0 Å². The van der Waals surface area contributed by atoms with Crippen LogP contribution in [0.5, 0.6) is 0 Å². The van der Waals surface area contributed by atoms with Crippen LogP contribution in [0, 0.1) is 23.7 Å². The Hall–Kier alpha value is -0.730. The molecule has 0 aromatic rings. The highest BCUT2D eigenvalue weighted by atomic mass is 16.4. The van der Waals surface area contributed by atoms with Gasteiger partial charge in [-0.1, -0.05) is 65.2 Å². The summed E-state index contributed by atoms with van der Waals surface area (Å²) in [5.41, 5.74) is 4.03. The SMILES string of the molecule is CCCC1CC[C@@H](C2CCCCC2)[C@H](C)C1.NC(=O)O. The first kappa shape index (κ1) is 17.3. The van der Waals surface area contributed by atoms with Gasteiger partial charge in [0, 0.05) is 0 Å². The van der Waals surface area contributed by atoms with Gasteiger partial charge < -0.3 is 10.8 Å². The Balaban J connectivity index is 0.000000444. The summed E-state index contributed by atoms with van der Waals surface area (Å²) in [6.45, 7) is 4.89. The summed E-state index contributed by atoms with van der Waals surface area (Å²) in [6.07, 6.45) is 13.8. The van der Waals surface area contributed by atoms with E-state index in [1.807, 2.05) is 0 Å². The van der Waals surface area contributed by atoms with Gasteiger partial charge in [0.2, 0.25) is 0 Å². The van der Waals surface area contributed by atoms with Gasteiger partial charge in [0.25, 0.3) is 0 Å². The summed E-state index contributed by atoms with van der Waals surface area (Å²) in [5.74, 6) is 4.29. The predicted molar refractivity (Wildman–Crippen MR) is 83.7 cm³/mol. The topological polar surface area (TPSA) is 63.3 Å². The maximum Gasteiger partial charge on any atom is 0.402 e. The zero-order chi connectivity index (χ0) is 15.0. The molecular formula is C17H33NO2. The molecule has 0 spiro atoms. The van der Waals surface area contributed by atoms with Gasteiger partial charge in [-0.15, -0.1) is 0 Å². The molecule has 2 aliphatic carbocycles. The Morgan fingerprint density at radius 3 is 2.25 bits per heavy atom. The number of hydrogen-bond donors (Lipinski definition) is 2. The van der Waals surface area contributed by atoms with Crippen molar-refractivity contribution in [3.05, 3.63) is 0 Å². The summed E-state index contributed by atoms with van der Waals surface area (Å²) in [4.78, 5) is 8.78. The fraction of sp³-hybridized carbons (Fsp3) is 0.941. The number of carbonyl (C=O) groups is 1. The molecule has 3 atom stereocenters. The van der Waals surface area contributed by atoms with Crippen LogP contribution in [-0.4, -0.2) is 11.2 Å². The molecule has 1 amide bonds. The van der Waals surface area contributed by atoms with Crippen molar-refractivity contribution in [3.63, 3.8) is 0 Å². The van der Waals surface area contributed by atoms with Crippen LogP contribution < -0.4 is 5.73 Å². The van der Waals surface area contributed by atoms with Crippen LogP contribution in [-0.2, 0) is 0 Å². The standard InChI is InChI=1S/C16H30.CH3NO2/c1-3-7-14-10-11-16(13(2)12-14)15-8-5-4-6-9-15;2-1(3)4/h13-16H,3-12H2,1-2H3;2H2,(H,3,4)/t13-,14?,16-;/m1./s1. The third-order valence-electron chi connectivity index (χ3n) is 5.30. The Kier molecular flexibility index (Phi) is 8.01. The van der Waals surface area contributed by atoms with Gasteiger partial charge >= 0.3 is 6.09 Å². The molecule has 20 heavy (non-hydrogen) atoms. The van der Waals surface area contributed by atoms with Crippen molar-refractivity contribution in [3.8, 4) is 0 Å². The average molecular weight is 283 g/mol. The molecule has 3 N–H and O–H groups in total. The Bertz CT molecular complexity index is 270. The second kappa shape index (κ2) is 9.25. The summed E-state index contributed by atoms with van der Waals surface area (Å²) in [7, 11) is 0. The van der Waals surface area contributed by atoms with Gasteiger partial charge in [0.05, 0.1) is 0 Å². The lowest BCUT2D eigenvalue weighted by Crippen LogP contribution is -2.30. The van der Waals surface area contributed by atoms with Crippen molar-refractivity contribution in [2.45, 2.75) is 78.1 Å². The molecule has 118 valence electrons. The molecule has 3 nitrogen and oxygen atoms in total. The Morgan fingerprint density at radius 1 is 1.15 bits per heavy atom. The minimum absolute atomic E-state index is 1.02. The Morgan fingerprint density at radius 2 is 1.75 bits per heavy atom. The van der Waals surface area contributed by atoms with Gasteiger partial charge in [-0.2, -0.15) is 0 Å². The van der Waals surface area contributed by atoms with Crippen molar-refractivity contribution < 1.29 is 9.90 Å². The first-order valence-electron chi connectivity index (χ1n) is 8.53. The van der Waals surface area contributed by atoms with Gasteiger partial charge in [0.15, 0.2) is 0 Å². The molecular weight excluding hydrogens is 250 g/mol. The van der Waals surface area contributed by atoms with Crippen molar-refractivity contribution in [2.75, 3.05) is 0 Å². The van der Waals surface area contributed by atoms with Crippen LogP contribution in [0.4, 0.5) is 4.79 Å². The predicted octanol–water partition coefficient (Wildman–Crippen LogP) is 5.04. The van der Waals surface area contributed by atoms with Crippen molar-refractivity contribution in [1.82, 2.24) is 0 Å². The molecule has 0 bridgehead atoms. The van der Waals surface area contributed by atoms with E-state index in [4.69, 9.17) is 9.90 Å². The lowest BCUT2D eigenvalue weighted by atomic mass is 9.65. The number of carboxylic acid groups (broad SMARTS) is 1. The van der Waals surface area contributed by atoms with Gasteiger partial charge in [0.1, 0.15) is 0 Å². The second-order valence-electron chi connectivity index (χ2n) is 6.85. The summed E-state index contributed by atoms with van der Waals surface area (Å²) < 4.78 is 0. The highest BCUT2D eigenvalue weighted by molar-refractivity contribution is 5.61. The molecule has 2 saturated carbocycles. The third kappa shape index (κ3) is 6.15. The van der Waals surface area contributed by atoms with Crippen LogP contribution in [0.25, 0.3) is 0 Å². The number of nitrogens with two attached hydrogens (primary N) is 1. The lowest BCUT2D eigenvalue weighted by molar-refractivity contribution is 0.106. The minimum atomic E-state index is -1.33. The highest BCUT2D eigenvalue weighted by Crippen LogP contribution is 2.43. The molecule has 0 aliphatic heterocycles. The maximum absolute atomic E-state index is 8.78. The zero-order valence-corrected chi connectivity index (χ0v) is 13.3. The van der Waals surface area contributed by atoms with Crippen molar-refractivity contribution in [1.29, 1.82) is 0 Å². The van der Waals surface area contributed by atoms with Crippen LogP contribution in [0.1, 0.15) is 78.1 Å². The number of primary amides is 1. The molecule has 2 rings (SSSR count). The molecule has 1 unspecified atom stereocenters. The van der Waals surface area contributed by atoms with E-state index in [0.717, 1.165) is 23.7 Å². The van der Waals surface area contributed by atoms with E-state index in [1.165, 1.54) is 38.5 Å². The Labute approximate surface area is 124 Å². The number of rotatable bonds is 3. The van der Waals surface area contributed by atoms with E-state index in [-0.39, 0.29) is 0 Å². The highest BCUT2D eigenvalue weighted by Gasteiger charge is 2.32. The average Bonchev–Trinajstić information content (AvgIpc) is 2.39. The number of amides is 1. The molecule has 0 radical (unpaired) electrons. The molecule has 3 heteroatoms. The van der Waals surface area contributed by atoms with Gasteiger partial charge in [-0.05, 0) is 36.5 Å². The zero-order valence-electron chi connectivity index (χ0n) is 13.3. The van der Waals surface area contributed by atoms with Crippen LogP contribution in [0.2, 0.25) is 0 Å². The van der Waals surface area contributed by atoms with E-state index in [9.17, 15) is 0 Å². The normalized spacial score (nSPS) is 31.2. The first-order valence-corrected chi connectivity index (χ1v) is 8.53. The maximum atomic E-state index is 8.78. The number of hydrogen-bond acceptors (Lipinski definition) is 1. The second-order valence-corrected chi connectivity index (χ2v) is 6.85. The fourth-order valence-corrected chi connectivity index (χ4v) is 4.46. The fourth-order valence-electron chi connectivity index (χ4n) is 4.46. The van der Waals surface area contributed by atoms with Crippen molar-refractivity contribution >= 4 is 6.09 Å². The smallest absolute Gasteiger partial charge is 0.402 e. The molecule has 0 aromatic carbocycles. The van der Waals surface area contributed by atoms with E-state index in [1.54, 1.807) is 25.7 Å². The van der Waals surface area contributed by atoms with E-state index in [2.05, 4.69) is 19.6 Å². The quantitative estimate of drug-likeness (QED) is 0.762. The van der Waals surface area contributed by atoms with Crippen LogP contribution >= 0.6 is 0 Å².